The normalized spacial score (nSPS) is 16.2. The van der Waals surface area contributed by atoms with E-state index in [0.29, 0.717) is 18.5 Å². The van der Waals surface area contributed by atoms with E-state index >= 15 is 0 Å². The fourth-order valence-corrected chi connectivity index (χ4v) is 4.60. The molecule has 6 nitrogen and oxygen atoms in total. The van der Waals surface area contributed by atoms with Crippen LogP contribution in [0.2, 0.25) is 0 Å². The Balaban J connectivity index is 1.74. The fourth-order valence-electron chi connectivity index (χ4n) is 2.84. The van der Waals surface area contributed by atoms with Gasteiger partial charge in [-0.15, -0.1) is 0 Å². The molecule has 7 heteroatoms. The maximum atomic E-state index is 12.6. The Morgan fingerprint density at radius 2 is 1.96 bits per heavy atom. The van der Waals surface area contributed by atoms with Crippen LogP contribution in [0.25, 0.3) is 0 Å². The number of hydrogen-bond acceptors (Lipinski definition) is 4. The molecule has 1 N–H and O–H groups in total. The average Bonchev–Trinajstić information content (AvgIpc) is 3.06. The van der Waals surface area contributed by atoms with Gasteiger partial charge in [0.15, 0.2) is 0 Å². The number of anilines is 1. The Kier molecular flexibility index (Phi) is 4.47. The highest BCUT2D eigenvalue weighted by atomic mass is 32.2. The Morgan fingerprint density at radius 1 is 1.17 bits per heavy atom. The van der Waals surface area contributed by atoms with Crippen LogP contribution in [0, 0.1) is 0 Å². The van der Waals surface area contributed by atoms with E-state index < -0.39 is 10.0 Å². The monoisotopic (exact) mass is 333 g/mol. The van der Waals surface area contributed by atoms with Crippen molar-refractivity contribution in [1.82, 2.24) is 8.96 Å². The van der Waals surface area contributed by atoms with Gasteiger partial charge >= 0.3 is 0 Å². The fraction of sp³-hybridized carbons (Fsp3) is 0.375. The highest BCUT2D eigenvalue weighted by molar-refractivity contribution is 7.90. The molecule has 0 aliphatic heterocycles. The van der Waals surface area contributed by atoms with Crippen LogP contribution < -0.4 is 5.32 Å². The summed E-state index contributed by atoms with van der Waals surface area (Å²) in [4.78, 5) is 16.0. The highest BCUT2D eigenvalue weighted by Gasteiger charge is 2.28. The second-order valence-corrected chi connectivity index (χ2v) is 7.82. The number of amides is 1. The van der Waals surface area contributed by atoms with Crippen LogP contribution in [0.5, 0.6) is 0 Å². The lowest BCUT2D eigenvalue weighted by molar-refractivity contribution is 0.102. The second kappa shape index (κ2) is 6.54. The molecule has 0 unspecified atom stereocenters. The lowest BCUT2D eigenvalue weighted by Crippen LogP contribution is -2.28. The molecule has 2 aromatic heterocycles. The molecule has 0 bridgehead atoms. The zero-order chi connectivity index (χ0) is 16.3. The number of hydrogen-bond donors (Lipinski definition) is 1. The van der Waals surface area contributed by atoms with Gasteiger partial charge in [0.05, 0.1) is 10.9 Å². The minimum Gasteiger partial charge on any atom is -0.319 e. The standard InChI is InChI=1S/C16H19N3O3S/c20-16(15-8-4-5-10-17-15)18-13-9-11-19(12-13)23(21,22)14-6-2-1-3-7-14/h4-5,8-12,14H,1-3,6-7H2,(H,18,20). The van der Waals surface area contributed by atoms with Crippen molar-refractivity contribution in [3.63, 3.8) is 0 Å². The van der Waals surface area contributed by atoms with E-state index in [-0.39, 0.29) is 16.9 Å². The molecular weight excluding hydrogens is 314 g/mol. The number of aromatic nitrogens is 2. The zero-order valence-electron chi connectivity index (χ0n) is 12.7. The molecule has 23 heavy (non-hydrogen) atoms. The highest BCUT2D eigenvalue weighted by Crippen LogP contribution is 2.26. The predicted molar refractivity (Wildman–Crippen MR) is 87.8 cm³/mol. The van der Waals surface area contributed by atoms with Gasteiger partial charge in [-0.2, -0.15) is 0 Å². The molecule has 122 valence electrons. The van der Waals surface area contributed by atoms with Gasteiger partial charge in [-0.05, 0) is 31.0 Å². The smallest absolute Gasteiger partial charge is 0.274 e. The maximum Gasteiger partial charge on any atom is 0.274 e. The number of carbonyl (C=O) groups is 1. The van der Waals surface area contributed by atoms with E-state index in [4.69, 9.17) is 0 Å². The summed E-state index contributed by atoms with van der Waals surface area (Å²) in [6.45, 7) is 0. The Labute approximate surface area is 135 Å². The van der Waals surface area contributed by atoms with Crippen LogP contribution in [-0.4, -0.2) is 28.5 Å². The Bertz CT molecular complexity index is 778. The number of carbonyl (C=O) groups excluding carboxylic acids is 1. The number of nitrogens with zero attached hydrogens (tertiary/aromatic N) is 2. The molecule has 3 rings (SSSR count). The van der Waals surface area contributed by atoms with E-state index in [9.17, 15) is 13.2 Å². The minimum absolute atomic E-state index is 0.287. The van der Waals surface area contributed by atoms with Gasteiger partial charge in [-0.1, -0.05) is 25.3 Å². The number of rotatable bonds is 4. The molecule has 0 aromatic carbocycles. The zero-order valence-corrected chi connectivity index (χ0v) is 13.5. The van der Waals surface area contributed by atoms with Crippen molar-refractivity contribution >= 4 is 21.6 Å². The van der Waals surface area contributed by atoms with Crippen LogP contribution in [0.1, 0.15) is 42.6 Å². The van der Waals surface area contributed by atoms with Crippen molar-refractivity contribution < 1.29 is 13.2 Å². The summed E-state index contributed by atoms with van der Waals surface area (Å²) in [6.07, 6.45) is 8.88. The first-order valence-electron chi connectivity index (χ1n) is 7.72. The van der Waals surface area contributed by atoms with Crippen LogP contribution in [0.4, 0.5) is 5.69 Å². The maximum absolute atomic E-state index is 12.6. The molecule has 1 fully saturated rings. The molecule has 2 heterocycles. The molecule has 0 atom stereocenters. The first-order chi connectivity index (χ1) is 11.1. The number of nitrogens with one attached hydrogen (secondary N) is 1. The van der Waals surface area contributed by atoms with Gasteiger partial charge in [-0.25, -0.2) is 8.42 Å². The van der Waals surface area contributed by atoms with E-state index in [1.54, 1.807) is 24.3 Å². The van der Waals surface area contributed by atoms with E-state index in [0.717, 1.165) is 19.3 Å². The molecule has 1 aliphatic carbocycles. The van der Waals surface area contributed by atoms with Crippen LogP contribution in [0.3, 0.4) is 0 Å². The topological polar surface area (TPSA) is 81.1 Å². The van der Waals surface area contributed by atoms with Crippen molar-refractivity contribution in [2.45, 2.75) is 37.4 Å². The van der Waals surface area contributed by atoms with Gasteiger partial charge in [0.25, 0.3) is 5.91 Å². The van der Waals surface area contributed by atoms with E-state index in [1.807, 2.05) is 0 Å². The van der Waals surface area contributed by atoms with Crippen molar-refractivity contribution in [2.75, 3.05) is 5.32 Å². The summed E-state index contributed by atoms with van der Waals surface area (Å²) in [5.41, 5.74) is 0.732. The molecule has 1 saturated carbocycles. The van der Waals surface area contributed by atoms with Gasteiger partial charge in [0, 0.05) is 18.6 Å². The molecule has 1 aliphatic rings. The summed E-state index contributed by atoms with van der Waals surface area (Å²) in [5, 5.41) is 2.34. The minimum atomic E-state index is -3.39. The van der Waals surface area contributed by atoms with Crippen LogP contribution in [-0.2, 0) is 10.0 Å². The van der Waals surface area contributed by atoms with E-state index in [1.165, 1.54) is 22.6 Å². The van der Waals surface area contributed by atoms with Gasteiger partial charge in [-0.3, -0.25) is 13.8 Å². The largest absolute Gasteiger partial charge is 0.319 e. The summed E-state index contributed by atoms with van der Waals surface area (Å²) in [6, 6.07) is 6.64. The van der Waals surface area contributed by atoms with Crippen LogP contribution in [0.15, 0.2) is 42.9 Å². The summed E-state index contributed by atoms with van der Waals surface area (Å²) >= 11 is 0. The molecule has 0 radical (unpaired) electrons. The third kappa shape index (κ3) is 3.44. The third-order valence-corrected chi connectivity index (χ3v) is 6.22. The molecular formula is C16H19N3O3S. The summed E-state index contributed by atoms with van der Waals surface area (Å²) in [7, 11) is -3.39. The quantitative estimate of drug-likeness (QED) is 0.932. The van der Waals surface area contributed by atoms with Crippen molar-refractivity contribution in [1.29, 1.82) is 0 Å². The Morgan fingerprint density at radius 3 is 2.65 bits per heavy atom. The average molecular weight is 333 g/mol. The van der Waals surface area contributed by atoms with Crippen molar-refractivity contribution in [2.24, 2.45) is 0 Å². The molecule has 0 spiro atoms. The van der Waals surface area contributed by atoms with Crippen molar-refractivity contribution in [3.05, 3.63) is 48.5 Å². The summed E-state index contributed by atoms with van der Waals surface area (Å²) in [5.74, 6) is -0.363. The lowest BCUT2D eigenvalue weighted by atomic mass is 10.0. The molecule has 0 saturated heterocycles. The van der Waals surface area contributed by atoms with Gasteiger partial charge in [0.2, 0.25) is 10.0 Å². The summed E-state index contributed by atoms with van der Waals surface area (Å²) < 4.78 is 26.4. The Hall–Kier alpha value is -2.15. The third-order valence-electron chi connectivity index (χ3n) is 4.09. The molecule has 1 amide bonds. The van der Waals surface area contributed by atoms with Gasteiger partial charge in [0.1, 0.15) is 5.69 Å². The lowest BCUT2D eigenvalue weighted by Gasteiger charge is -2.21. The first kappa shape index (κ1) is 15.7. The van der Waals surface area contributed by atoms with Crippen LogP contribution >= 0.6 is 0 Å². The predicted octanol–water partition coefficient (Wildman–Crippen LogP) is 2.65. The second-order valence-electron chi connectivity index (χ2n) is 5.70. The number of pyridine rings is 1. The first-order valence-corrected chi connectivity index (χ1v) is 9.22. The van der Waals surface area contributed by atoms with E-state index in [2.05, 4.69) is 10.3 Å². The van der Waals surface area contributed by atoms with Crippen molar-refractivity contribution in [3.8, 4) is 0 Å². The van der Waals surface area contributed by atoms with Gasteiger partial charge < -0.3 is 5.32 Å². The SMILES string of the molecule is O=C(Nc1ccn(S(=O)(=O)C2CCCCC2)c1)c1ccccn1. The molecule has 2 aromatic rings.